The normalized spacial score (nSPS) is 12.6. The highest BCUT2D eigenvalue weighted by Crippen LogP contribution is 2.39. The number of thiazole rings is 1. The van der Waals surface area contributed by atoms with Crippen molar-refractivity contribution in [3.8, 4) is 11.3 Å². The van der Waals surface area contributed by atoms with Gasteiger partial charge in [0.2, 0.25) is 5.91 Å². The summed E-state index contributed by atoms with van der Waals surface area (Å²) in [5.41, 5.74) is 3.84. The van der Waals surface area contributed by atoms with Crippen molar-refractivity contribution in [1.82, 2.24) is 24.5 Å². The number of carbonyl (C=O) groups is 1. The van der Waals surface area contributed by atoms with Crippen molar-refractivity contribution >= 4 is 33.1 Å². The van der Waals surface area contributed by atoms with Crippen LogP contribution in [0.5, 0.6) is 0 Å². The summed E-state index contributed by atoms with van der Waals surface area (Å²) in [5.74, 6) is 0.00439. The smallest absolute Gasteiger partial charge is 0.274 e. The third-order valence-corrected chi connectivity index (χ3v) is 7.19. The van der Waals surface area contributed by atoms with E-state index >= 15 is 0 Å². The molecule has 5 rings (SSSR count). The lowest BCUT2D eigenvalue weighted by molar-refractivity contribution is -0.118. The third-order valence-electron chi connectivity index (χ3n) is 6.05. The fourth-order valence-corrected chi connectivity index (χ4v) is 5.52. The van der Waals surface area contributed by atoms with Crippen LogP contribution in [0.25, 0.3) is 22.0 Å². The molecule has 3 aromatic heterocycles. The summed E-state index contributed by atoms with van der Waals surface area (Å²) in [5, 5.41) is 11.0. The van der Waals surface area contributed by atoms with E-state index in [4.69, 9.17) is 4.98 Å². The molecule has 0 saturated carbocycles. The topological polar surface area (TPSA) is 85.9 Å². The van der Waals surface area contributed by atoms with Crippen LogP contribution in [0.1, 0.15) is 29.6 Å². The number of aryl methyl sites for hydroxylation is 4. The molecule has 0 aliphatic heterocycles. The van der Waals surface area contributed by atoms with Crippen molar-refractivity contribution in [2.45, 2.75) is 32.6 Å². The number of benzene rings is 1. The summed E-state index contributed by atoms with van der Waals surface area (Å²) in [6.07, 6.45) is 4.48. The molecule has 1 aliphatic rings. The van der Waals surface area contributed by atoms with Gasteiger partial charge in [0.15, 0.2) is 5.13 Å². The lowest BCUT2D eigenvalue weighted by Gasteiger charge is -2.18. The number of hydrogen-bond acceptors (Lipinski definition) is 6. The summed E-state index contributed by atoms with van der Waals surface area (Å²) in [6.45, 7) is 2.51. The van der Waals surface area contributed by atoms with Crippen LogP contribution in [-0.4, -0.2) is 37.0 Å². The van der Waals surface area contributed by atoms with Crippen LogP contribution in [0.15, 0.2) is 35.3 Å². The van der Waals surface area contributed by atoms with Crippen LogP contribution in [0.2, 0.25) is 0 Å². The van der Waals surface area contributed by atoms with Crippen LogP contribution >= 0.6 is 11.3 Å². The summed E-state index contributed by atoms with van der Waals surface area (Å²) in [6, 6.07) is 7.42. The van der Waals surface area contributed by atoms with Gasteiger partial charge in [-0.15, -0.1) is 11.3 Å². The van der Waals surface area contributed by atoms with Crippen LogP contribution in [0.4, 0.5) is 5.13 Å². The van der Waals surface area contributed by atoms with Crippen LogP contribution in [0.3, 0.4) is 0 Å². The molecule has 4 aromatic rings. The number of nitrogens with zero attached hydrogens (tertiary/aromatic N) is 6. The molecule has 9 heteroatoms. The molecule has 1 aromatic carbocycles. The van der Waals surface area contributed by atoms with E-state index < -0.39 is 0 Å². The molecule has 8 nitrogen and oxygen atoms in total. The van der Waals surface area contributed by atoms with Crippen LogP contribution in [-0.2, 0) is 38.2 Å². The quantitative estimate of drug-likeness (QED) is 0.469. The van der Waals surface area contributed by atoms with E-state index in [1.165, 1.54) is 15.3 Å². The van der Waals surface area contributed by atoms with Gasteiger partial charge in [0.25, 0.3) is 5.56 Å². The molecule has 0 radical (unpaired) electrons. The van der Waals surface area contributed by atoms with Gasteiger partial charge in [-0.1, -0.05) is 18.2 Å². The average molecular weight is 449 g/mol. The molecule has 0 unspecified atom stereocenters. The maximum absolute atomic E-state index is 13.2. The van der Waals surface area contributed by atoms with E-state index in [2.05, 4.69) is 10.2 Å². The van der Waals surface area contributed by atoms with E-state index in [9.17, 15) is 9.59 Å². The minimum Gasteiger partial charge on any atom is -0.288 e. The summed E-state index contributed by atoms with van der Waals surface area (Å²) >= 11 is 1.59. The van der Waals surface area contributed by atoms with Gasteiger partial charge in [-0.2, -0.15) is 10.2 Å². The molecule has 1 amide bonds. The number of anilines is 1. The van der Waals surface area contributed by atoms with Crippen LogP contribution in [0, 0.1) is 0 Å². The number of fused-ring (bicyclic) bond motifs is 4. The first-order chi connectivity index (χ1) is 15.5. The van der Waals surface area contributed by atoms with E-state index in [0.29, 0.717) is 24.8 Å². The van der Waals surface area contributed by atoms with E-state index in [1.807, 2.05) is 43.0 Å². The molecule has 0 saturated heterocycles. The van der Waals surface area contributed by atoms with Gasteiger partial charge in [0.1, 0.15) is 0 Å². The highest BCUT2D eigenvalue weighted by Gasteiger charge is 2.27. The summed E-state index contributed by atoms with van der Waals surface area (Å²) in [7, 11) is 3.60. The van der Waals surface area contributed by atoms with Gasteiger partial charge in [-0.3, -0.25) is 19.2 Å². The number of carbonyl (C=O) groups excluding carboxylic acids is 1. The lowest BCUT2D eigenvalue weighted by Crippen LogP contribution is -2.31. The summed E-state index contributed by atoms with van der Waals surface area (Å²) in [4.78, 5) is 33.3. The van der Waals surface area contributed by atoms with Gasteiger partial charge < -0.3 is 0 Å². The van der Waals surface area contributed by atoms with Gasteiger partial charge in [0.05, 0.1) is 23.0 Å². The highest BCUT2D eigenvalue weighted by molar-refractivity contribution is 7.16. The maximum atomic E-state index is 13.2. The first-order valence-electron chi connectivity index (χ1n) is 10.7. The molecule has 32 heavy (non-hydrogen) atoms. The molecule has 164 valence electrons. The Balaban J connectivity index is 1.40. The Hall–Kier alpha value is -3.33. The van der Waals surface area contributed by atoms with Gasteiger partial charge in [-0.25, -0.2) is 9.67 Å². The van der Waals surface area contributed by atoms with E-state index in [-0.39, 0.29) is 11.5 Å². The zero-order valence-corrected chi connectivity index (χ0v) is 19.1. The Morgan fingerprint density at radius 1 is 1.16 bits per heavy atom. The molecular weight excluding hydrogens is 424 g/mol. The van der Waals surface area contributed by atoms with Gasteiger partial charge >= 0.3 is 0 Å². The van der Waals surface area contributed by atoms with Crippen molar-refractivity contribution in [2.75, 3.05) is 11.4 Å². The average Bonchev–Trinajstić information content (AvgIpc) is 3.39. The molecule has 0 N–H and O–H groups in total. The van der Waals surface area contributed by atoms with Crippen molar-refractivity contribution in [3.05, 3.63) is 57.1 Å². The number of rotatable bonds is 5. The Bertz CT molecular complexity index is 1400. The second kappa shape index (κ2) is 7.98. The fourth-order valence-electron chi connectivity index (χ4n) is 4.36. The molecular formula is C23H24N6O2S. The zero-order valence-electron chi connectivity index (χ0n) is 18.3. The van der Waals surface area contributed by atoms with Crippen molar-refractivity contribution < 1.29 is 4.79 Å². The van der Waals surface area contributed by atoms with Crippen molar-refractivity contribution in [1.29, 1.82) is 0 Å². The molecule has 0 atom stereocenters. The standard InChI is InChI=1S/C23H24N6O2S/c1-4-29(23-25-21-16-13-24-27(2)18(16)10-11-19(21)32-23)20(30)12-9-17-14-7-5-6-8-15(14)22(31)28(3)26-17/h5-8,13H,4,9-12H2,1-3H3. The number of aromatic nitrogens is 5. The molecule has 3 heterocycles. The minimum atomic E-state index is -0.131. The first kappa shape index (κ1) is 20.6. The molecule has 0 fully saturated rings. The third kappa shape index (κ3) is 3.33. The first-order valence-corrected chi connectivity index (χ1v) is 11.6. The Kier molecular flexibility index (Phi) is 5.13. The minimum absolute atomic E-state index is 0.00439. The molecule has 1 aliphatic carbocycles. The Labute approximate surface area is 189 Å². The van der Waals surface area contributed by atoms with E-state index in [0.717, 1.165) is 40.3 Å². The second-order valence-electron chi connectivity index (χ2n) is 7.96. The monoisotopic (exact) mass is 448 g/mol. The number of hydrogen-bond donors (Lipinski definition) is 0. The van der Waals surface area contributed by atoms with E-state index in [1.54, 1.807) is 29.4 Å². The summed E-state index contributed by atoms with van der Waals surface area (Å²) < 4.78 is 3.25. The zero-order chi connectivity index (χ0) is 22.4. The second-order valence-corrected chi connectivity index (χ2v) is 9.02. The predicted molar refractivity (Wildman–Crippen MR) is 125 cm³/mol. The van der Waals surface area contributed by atoms with Gasteiger partial charge in [0, 0.05) is 55.0 Å². The largest absolute Gasteiger partial charge is 0.288 e. The predicted octanol–water partition coefficient (Wildman–Crippen LogP) is 2.87. The van der Waals surface area contributed by atoms with Crippen LogP contribution < -0.4 is 10.5 Å². The van der Waals surface area contributed by atoms with Gasteiger partial charge in [-0.05, 0) is 25.8 Å². The van der Waals surface area contributed by atoms with Crippen molar-refractivity contribution in [2.24, 2.45) is 14.1 Å². The lowest BCUT2D eigenvalue weighted by atomic mass is 10.0. The Morgan fingerprint density at radius 2 is 1.94 bits per heavy atom. The SMILES string of the molecule is CCN(C(=O)CCc1nn(C)c(=O)c2ccccc12)c1nc2c(s1)CCc1c-2cnn1C. The number of amides is 1. The fraction of sp³-hybridized carbons (Fsp3) is 0.348. The highest BCUT2D eigenvalue weighted by atomic mass is 32.1. The van der Waals surface area contributed by atoms with Crippen molar-refractivity contribution in [3.63, 3.8) is 0 Å². The Morgan fingerprint density at radius 3 is 2.72 bits per heavy atom. The molecule has 0 bridgehead atoms. The molecule has 0 spiro atoms. The maximum Gasteiger partial charge on any atom is 0.274 e.